The van der Waals surface area contributed by atoms with Gasteiger partial charge in [0.15, 0.2) is 17.5 Å². The Labute approximate surface area is 407 Å². The Bertz CT molecular complexity index is 4640. The van der Waals surface area contributed by atoms with E-state index in [1.165, 1.54) is 26.9 Å². The molecule has 0 fully saturated rings. The molecule has 0 atom stereocenters. The van der Waals surface area contributed by atoms with Crippen molar-refractivity contribution in [3.63, 3.8) is 0 Å². The van der Waals surface area contributed by atoms with Crippen LogP contribution in [0.4, 0.5) is 0 Å². The number of hydrogen-bond acceptors (Lipinski definition) is 4. The molecule has 71 heavy (non-hydrogen) atoms. The van der Waals surface area contributed by atoms with Crippen LogP contribution in [0.25, 0.3) is 144 Å². The molecule has 0 unspecified atom stereocenters. The Morgan fingerprint density at radius 1 is 0.296 bits per heavy atom. The van der Waals surface area contributed by atoms with Gasteiger partial charge < -0.3 is 13.6 Å². The third-order valence-electron chi connectivity index (χ3n) is 14.3. The van der Waals surface area contributed by atoms with E-state index in [4.69, 9.17) is 19.4 Å². The summed E-state index contributed by atoms with van der Waals surface area (Å²) in [4.78, 5) is 16.2. The summed E-state index contributed by atoms with van der Waals surface area (Å²) < 4.78 is 11.5. The van der Waals surface area contributed by atoms with Gasteiger partial charge in [0, 0.05) is 65.9 Å². The first-order chi connectivity index (χ1) is 35.2. The Kier molecular flexibility index (Phi) is 8.56. The van der Waals surface area contributed by atoms with Gasteiger partial charge >= 0.3 is 0 Å². The van der Waals surface area contributed by atoms with Crippen molar-refractivity contribution >= 4 is 87.1 Å². The molecule has 0 aliphatic rings. The summed E-state index contributed by atoms with van der Waals surface area (Å²) in [5, 5.41) is 11.4. The topological polar surface area (TPSA) is 61.7 Å². The van der Waals surface area contributed by atoms with Crippen molar-refractivity contribution in [2.24, 2.45) is 0 Å². The average Bonchev–Trinajstić information content (AvgIpc) is 4.09. The normalized spacial score (nSPS) is 11.9. The van der Waals surface area contributed by atoms with Crippen LogP contribution >= 0.6 is 0 Å². The molecule has 0 saturated carbocycles. The van der Waals surface area contributed by atoms with Gasteiger partial charge in [0.2, 0.25) is 0 Å². The van der Waals surface area contributed by atoms with Crippen LogP contribution in [0.1, 0.15) is 0 Å². The van der Waals surface area contributed by atoms with E-state index in [9.17, 15) is 0 Å². The van der Waals surface area contributed by atoms with Crippen LogP contribution < -0.4 is 0 Å². The first kappa shape index (κ1) is 39.4. The molecule has 0 aliphatic carbocycles. The lowest BCUT2D eigenvalue weighted by molar-refractivity contribution is 0.669. The van der Waals surface area contributed by atoms with Gasteiger partial charge in [0.25, 0.3) is 0 Å². The maximum absolute atomic E-state index is 6.73. The fourth-order valence-corrected chi connectivity index (χ4v) is 11.1. The highest BCUT2D eigenvalue weighted by molar-refractivity contribution is 6.22. The predicted octanol–water partition coefficient (Wildman–Crippen LogP) is 16.9. The highest BCUT2D eigenvalue weighted by Gasteiger charge is 2.24. The van der Waals surface area contributed by atoms with Crippen molar-refractivity contribution in [2.75, 3.05) is 0 Å². The fourth-order valence-electron chi connectivity index (χ4n) is 11.1. The third kappa shape index (κ3) is 6.11. The smallest absolute Gasteiger partial charge is 0.164 e. The molecule has 11 aromatic carbocycles. The maximum Gasteiger partial charge on any atom is 0.164 e. The molecule has 0 N–H and O–H groups in total. The molecular weight excluding hydrogens is 867 g/mol. The minimum Gasteiger partial charge on any atom is -0.456 e. The molecule has 0 amide bonds. The molecule has 0 aliphatic heterocycles. The number of para-hydroxylation sites is 4. The van der Waals surface area contributed by atoms with E-state index in [1.54, 1.807) is 0 Å². The Balaban J connectivity index is 1.04. The minimum absolute atomic E-state index is 0.571. The number of benzene rings is 11. The van der Waals surface area contributed by atoms with Gasteiger partial charge in [-0.3, -0.25) is 0 Å². The lowest BCUT2D eigenvalue weighted by Crippen LogP contribution is -2.03. The molecule has 0 saturated heterocycles. The minimum atomic E-state index is 0.571. The van der Waals surface area contributed by atoms with Crippen molar-refractivity contribution in [2.45, 2.75) is 0 Å². The molecule has 0 radical (unpaired) electrons. The van der Waals surface area contributed by atoms with Crippen molar-refractivity contribution in [1.82, 2.24) is 24.1 Å². The van der Waals surface area contributed by atoms with Crippen molar-refractivity contribution < 1.29 is 4.42 Å². The Morgan fingerprint density at radius 2 is 0.859 bits per heavy atom. The molecule has 330 valence electrons. The van der Waals surface area contributed by atoms with E-state index in [0.717, 1.165) is 99.4 Å². The summed E-state index contributed by atoms with van der Waals surface area (Å²) in [5.41, 5.74) is 13.0. The molecule has 6 heteroatoms. The second-order valence-electron chi connectivity index (χ2n) is 18.3. The van der Waals surface area contributed by atoms with Gasteiger partial charge in [0.1, 0.15) is 11.2 Å². The molecular formula is C65H39N5O. The van der Waals surface area contributed by atoms with Crippen LogP contribution in [-0.4, -0.2) is 24.1 Å². The number of nitrogens with zero attached hydrogens (tertiary/aromatic N) is 5. The zero-order valence-electron chi connectivity index (χ0n) is 38.2. The summed E-state index contributed by atoms with van der Waals surface area (Å²) in [7, 11) is 0. The standard InChI is InChI=1S/C65H39N5O/c1-3-17-40(18-4-1)63-66-64(44-31-33-50-48-25-11-14-28-55(48)69(57(50)37-44)45-22-5-2-6-23-45)68-65(67-63)51-34-32-46(70-56-29-15-12-26-49(56)53-35-41-19-7-8-20-42(41)36-58(53)70)39-54(51)61-47-24-10-9-21-43(47)38-60-62(61)52-27-13-16-30-59(52)71-60/h1-39H. The van der Waals surface area contributed by atoms with Gasteiger partial charge in [-0.1, -0.05) is 164 Å². The largest absolute Gasteiger partial charge is 0.456 e. The first-order valence-corrected chi connectivity index (χ1v) is 24.0. The van der Waals surface area contributed by atoms with Gasteiger partial charge in [-0.2, -0.15) is 0 Å². The lowest BCUT2D eigenvalue weighted by atomic mass is 9.90. The van der Waals surface area contributed by atoms with E-state index < -0.39 is 0 Å². The second kappa shape index (κ2) is 15.4. The monoisotopic (exact) mass is 905 g/mol. The SMILES string of the molecule is c1ccc(-c2nc(-c3ccc4c5ccccc5n(-c5ccccc5)c4c3)nc(-c3ccc(-n4c5ccccc5c5cc6ccccc6cc54)cc3-c3c4ccccc4cc4oc5ccccc5c34)n2)cc1. The van der Waals surface area contributed by atoms with Crippen molar-refractivity contribution in [1.29, 1.82) is 0 Å². The molecule has 15 aromatic rings. The summed E-state index contributed by atoms with van der Waals surface area (Å²) >= 11 is 0. The second-order valence-corrected chi connectivity index (χ2v) is 18.3. The van der Waals surface area contributed by atoms with E-state index in [0.29, 0.717) is 17.5 Å². The van der Waals surface area contributed by atoms with Crippen LogP contribution in [-0.2, 0) is 0 Å². The van der Waals surface area contributed by atoms with Crippen LogP contribution in [0.15, 0.2) is 241 Å². The lowest BCUT2D eigenvalue weighted by Gasteiger charge is -2.18. The Morgan fingerprint density at radius 3 is 1.63 bits per heavy atom. The Hall–Kier alpha value is -9.65. The molecule has 4 heterocycles. The van der Waals surface area contributed by atoms with Gasteiger partial charge in [-0.15, -0.1) is 0 Å². The predicted molar refractivity (Wildman–Crippen MR) is 293 cm³/mol. The van der Waals surface area contributed by atoms with E-state index in [1.807, 2.05) is 24.3 Å². The van der Waals surface area contributed by atoms with Crippen molar-refractivity contribution in [3.05, 3.63) is 237 Å². The molecule has 0 spiro atoms. The third-order valence-corrected chi connectivity index (χ3v) is 14.3. The number of hydrogen-bond donors (Lipinski definition) is 0. The van der Waals surface area contributed by atoms with Crippen LogP contribution in [0.5, 0.6) is 0 Å². The first-order valence-electron chi connectivity index (χ1n) is 24.0. The van der Waals surface area contributed by atoms with Crippen molar-refractivity contribution in [3.8, 4) is 56.7 Å². The number of furan rings is 1. The summed E-state index contributed by atoms with van der Waals surface area (Å²) in [6.45, 7) is 0. The fraction of sp³-hybridized carbons (Fsp3) is 0. The zero-order valence-corrected chi connectivity index (χ0v) is 38.2. The van der Waals surface area contributed by atoms with Crippen LogP contribution in [0, 0.1) is 0 Å². The van der Waals surface area contributed by atoms with Gasteiger partial charge in [-0.25, -0.2) is 15.0 Å². The molecule has 6 nitrogen and oxygen atoms in total. The van der Waals surface area contributed by atoms with E-state index >= 15 is 0 Å². The summed E-state index contributed by atoms with van der Waals surface area (Å²) in [6, 6.07) is 84.0. The highest BCUT2D eigenvalue weighted by Crippen LogP contribution is 2.47. The number of rotatable bonds is 6. The number of aromatic nitrogens is 5. The molecule has 0 bridgehead atoms. The maximum atomic E-state index is 6.73. The van der Waals surface area contributed by atoms with E-state index in [2.05, 4.69) is 221 Å². The molecule has 4 aromatic heterocycles. The number of fused-ring (bicyclic) bond motifs is 11. The van der Waals surface area contributed by atoms with Gasteiger partial charge in [-0.05, 0) is 99.9 Å². The summed E-state index contributed by atoms with van der Waals surface area (Å²) in [5.74, 6) is 1.75. The van der Waals surface area contributed by atoms with E-state index in [-0.39, 0.29) is 0 Å². The zero-order chi connectivity index (χ0) is 46.6. The molecule has 15 rings (SSSR count). The quantitative estimate of drug-likeness (QED) is 0.167. The van der Waals surface area contributed by atoms with Crippen LogP contribution in [0.3, 0.4) is 0 Å². The van der Waals surface area contributed by atoms with Gasteiger partial charge in [0.05, 0.1) is 22.1 Å². The van der Waals surface area contributed by atoms with Crippen LogP contribution in [0.2, 0.25) is 0 Å². The highest BCUT2D eigenvalue weighted by atomic mass is 16.3. The summed E-state index contributed by atoms with van der Waals surface area (Å²) in [6.07, 6.45) is 0. The average molecular weight is 906 g/mol.